The minimum atomic E-state index is -3.74. The zero-order valence-electron chi connectivity index (χ0n) is 23.3. The Balaban J connectivity index is 1.32. The maximum absolute atomic E-state index is 12.7. The van der Waals surface area contributed by atoms with E-state index in [2.05, 4.69) is 25.8 Å². The topological polar surface area (TPSA) is 135 Å². The van der Waals surface area contributed by atoms with Crippen LogP contribution in [-0.4, -0.2) is 40.7 Å². The lowest BCUT2D eigenvalue weighted by molar-refractivity contribution is -0.119. The fourth-order valence-electron chi connectivity index (χ4n) is 4.05. The number of rotatable bonds is 9. The Morgan fingerprint density at radius 3 is 2.05 bits per heavy atom. The number of aromatic nitrogens is 3. The summed E-state index contributed by atoms with van der Waals surface area (Å²) in [5, 5.41) is 9.19. The van der Waals surface area contributed by atoms with Crippen molar-refractivity contribution in [2.45, 2.75) is 23.9 Å². The van der Waals surface area contributed by atoms with E-state index in [0.717, 1.165) is 28.6 Å². The predicted molar refractivity (Wildman–Crippen MR) is 166 cm³/mol. The summed E-state index contributed by atoms with van der Waals surface area (Å²) in [6.07, 6.45) is 0. The van der Waals surface area contributed by atoms with Gasteiger partial charge in [0.15, 0.2) is 11.0 Å². The van der Waals surface area contributed by atoms with Gasteiger partial charge in [-0.05, 0) is 74.5 Å². The summed E-state index contributed by atoms with van der Waals surface area (Å²) in [6.45, 7) is 3.91. The molecule has 0 atom stereocenters. The molecule has 1 aromatic heterocycles. The average molecular weight is 613 g/mol. The molecular formula is C31H28N6O4S2. The van der Waals surface area contributed by atoms with Gasteiger partial charge in [-0.2, -0.15) is 0 Å². The summed E-state index contributed by atoms with van der Waals surface area (Å²) in [5.41, 5.74) is 9.27. The lowest BCUT2D eigenvalue weighted by atomic mass is 10.1. The number of benzene rings is 4. The number of carbonyl (C=O) groups is 2. The minimum Gasteiger partial charge on any atom is -0.280 e. The summed E-state index contributed by atoms with van der Waals surface area (Å²) >= 11 is 1.16. The molecular weight excluding hydrogens is 585 g/mol. The highest BCUT2D eigenvalue weighted by molar-refractivity contribution is 7.99. The Labute approximate surface area is 253 Å². The van der Waals surface area contributed by atoms with E-state index in [1.807, 2.05) is 54.8 Å². The summed E-state index contributed by atoms with van der Waals surface area (Å²) in [7, 11) is -3.74. The SMILES string of the molecule is Cc1ccc(C(=O)NNC(=O)CSc2nnc(-c3ccc(NS(=O)(=O)c4ccccc4)cc3)n2-c2ccc(C)cc2)cc1. The number of anilines is 1. The van der Waals surface area contributed by atoms with Crippen LogP contribution in [0.5, 0.6) is 0 Å². The Morgan fingerprint density at radius 2 is 1.40 bits per heavy atom. The molecule has 2 amide bonds. The van der Waals surface area contributed by atoms with Crippen molar-refractivity contribution >= 4 is 39.3 Å². The van der Waals surface area contributed by atoms with Gasteiger partial charge in [-0.25, -0.2) is 8.42 Å². The van der Waals surface area contributed by atoms with Crippen molar-refractivity contribution in [3.8, 4) is 17.1 Å². The van der Waals surface area contributed by atoms with Crippen LogP contribution in [0.3, 0.4) is 0 Å². The Hall–Kier alpha value is -4.94. The van der Waals surface area contributed by atoms with Gasteiger partial charge in [0, 0.05) is 22.5 Å². The van der Waals surface area contributed by atoms with Crippen molar-refractivity contribution < 1.29 is 18.0 Å². The number of thioether (sulfide) groups is 1. The van der Waals surface area contributed by atoms with E-state index in [4.69, 9.17) is 0 Å². The first-order valence-electron chi connectivity index (χ1n) is 13.2. The second-order valence-corrected chi connectivity index (χ2v) is 12.3. The second kappa shape index (κ2) is 12.9. The maximum atomic E-state index is 12.7. The van der Waals surface area contributed by atoms with E-state index in [0.29, 0.717) is 27.8 Å². The first-order chi connectivity index (χ1) is 20.7. The largest absolute Gasteiger partial charge is 0.280 e. The van der Waals surface area contributed by atoms with Crippen LogP contribution in [0.1, 0.15) is 21.5 Å². The van der Waals surface area contributed by atoms with E-state index in [1.54, 1.807) is 54.6 Å². The van der Waals surface area contributed by atoms with Gasteiger partial charge in [0.25, 0.3) is 15.9 Å². The quantitative estimate of drug-likeness (QED) is 0.159. The Bertz CT molecular complexity index is 1840. The van der Waals surface area contributed by atoms with Crippen LogP contribution in [0, 0.1) is 13.8 Å². The molecule has 4 aromatic carbocycles. The van der Waals surface area contributed by atoms with Crippen molar-refractivity contribution in [3.05, 3.63) is 120 Å². The third-order valence-corrected chi connectivity index (χ3v) is 8.66. The van der Waals surface area contributed by atoms with Crippen molar-refractivity contribution in [2.75, 3.05) is 10.5 Å². The van der Waals surface area contributed by atoms with Crippen LogP contribution in [0.25, 0.3) is 17.1 Å². The minimum absolute atomic E-state index is 0.0294. The van der Waals surface area contributed by atoms with Crippen LogP contribution in [0.4, 0.5) is 5.69 Å². The lowest BCUT2D eigenvalue weighted by Crippen LogP contribution is -2.42. The molecule has 1 heterocycles. The molecule has 0 saturated carbocycles. The predicted octanol–water partition coefficient (Wildman–Crippen LogP) is 4.91. The highest BCUT2D eigenvalue weighted by Crippen LogP contribution is 2.29. The van der Waals surface area contributed by atoms with Crippen molar-refractivity contribution in [2.24, 2.45) is 0 Å². The van der Waals surface area contributed by atoms with Gasteiger partial charge in [0.05, 0.1) is 10.6 Å². The molecule has 5 rings (SSSR count). The number of hydrogen-bond acceptors (Lipinski definition) is 7. The first-order valence-corrected chi connectivity index (χ1v) is 15.7. The van der Waals surface area contributed by atoms with Gasteiger partial charge in [-0.3, -0.25) is 29.7 Å². The molecule has 0 spiro atoms. The molecule has 0 bridgehead atoms. The summed E-state index contributed by atoms with van der Waals surface area (Å²) in [4.78, 5) is 25.1. The van der Waals surface area contributed by atoms with Gasteiger partial charge in [0.1, 0.15) is 0 Å². The number of amides is 2. The molecule has 43 heavy (non-hydrogen) atoms. The fraction of sp³-hybridized carbons (Fsp3) is 0.0968. The number of sulfonamides is 1. The first kappa shape index (κ1) is 29.5. The van der Waals surface area contributed by atoms with Gasteiger partial charge in [-0.1, -0.05) is 65.4 Å². The maximum Gasteiger partial charge on any atom is 0.269 e. The molecule has 0 aliphatic heterocycles. The average Bonchev–Trinajstić information content (AvgIpc) is 3.44. The van der Waals surface area contributed by atoms with Crippen molar-refractivity contribution in [3.63, 3.8) is 0 Å². The molecule has 0 fully saturated rings. The Kier molecular flexibility index (Phi) is 8.88. The monoisotopic (exact) mass is 612 g/mol. The number of aryl methyl sites for hydroxylation is 2. The smallest absolute Gasteiger partial charge is 0.269 e. The second-order valence-electron chi connectivity index (χ2n) is 9.63. The normalized spacial score (nSPS) is 11.1. The highest BCUT2D eigenvalue weighted by atomic mass is 32.2. The number of nitrogens with zero attached hydrogens (tertiary/aromatic N) is 3. The van der Waals surface area contributed by atoms with Crippen LogP contribution >= 0.6 is 11.8 Å². The van der Waals surface area contributed by atoms with Crippen LogP contribution in [0.2, 0.25) is 0 Å². The van der Waals surface area contributed by atoms with Crippen LogP contribution < -0.4 is 15.6 Å². The van der Waals surface area contributed by atoms with Gasteiger partial charge in [0.2, 0.25) is 5.91 Å². The summed E-state index contributed by atoms with van der Waals surface area (Å²) < 4.78 is 29.9. The molecule has 218 valence electrons. The van der Waals surface area contributed by atoms with E-state index in [9.17, 15) is 18.0 Å². The third kappa shape index (κ3) is 7.29. The van der Waals surface area contributed by atoms with Crippen molar-refractivity contribution in [1.29, 1.82) is 0 Å². The van der Waals surface area contributed by atoms with Crippen LogP contribution in [-0.2, 0) is 14.8 Å². The molecule has 0 saturated heterocycles. The number of hydrazine groups is 1. The molecule has 0 aliphatic carbocycles. The highest BCUT2D eigenvalue weighted by Gasteiger charge is 2.19. The number of carbonyl (C=O) groups excluding carboxylic acids is 2. The molecule has 5 aromatic rings. The number of nitrogens with one attached hydrogen (secondary N) is 3. The summed E-state index contributed by atoms with van der Waals surface area (Å²) in [6, 6.07) is 29.7. The van der Waals surface area contributed by atoms with Crippen LogP contribution in [0.15, 0.2) is 113 Å². The van der Waals surface area contributed by atoms with Gasteiger partial charge >= 0.3 is 0 Å². The van der Waals surface area contributed by atoms with E-state index >= 15 is 0 Å². The fourth-order valence-corrected chi connectivity index (χ4v) is 5.88. The zero-order valence-corrected chi connectivity index (χ0v) is 24.9. The number of hydrogen-bond donors (Lipinski definition) is 3. The molecule has 0 unspecified atom stereocenters. The molecule has 3 N–H and O–H groups in total. The molecule has 0 aliphatic rings. The zero-order chi connectivity index (χ0) is 30.4. The van der Waals surface area contributed by atoms with E-state index in [1.165, 1.54) is 12.1 Å². The summed E-state index contributed by atoms with van der Waals surface area (Å²) in [5.74, 6) is -0.353. The Morgan fingerprint density at radius 1 is 0.767 bits per heavy atom. The molecule has 0 radical (unpaired) electrons. The van der Waals surface area contributed by atoms with E-state index in [-0.39, 0.29) is 10.6 Å². The van der Waals surface area contributed by atoms with Gasteiger partial charge < -0.3 is 0 Å². The lowest BCUT2D eigenvalue weighted by Gasteiger charge is -2.12. The van der Waals surface area contributed by atoms with Crippen molar-refractivity contribution in [1.82, 2.24) is 25.6 Å². The van der Waals surface area contributed by atoms with E-state index < -0.39 is 21.8 Å². The molecule has 12 heteroatoms. The third-order valence-electron chi connectivity index (χ3n) is 6.34. The standard InChI is InChI=1S/C31H28N6O4S2/c1-21-8-12-24(13-9-21)30(39)34-32-28(38)20-42-31-35-33-29(37(31)26-18-10-22(2)11-19-26)23-14-16-25(17-15-23)36-43(40,41)27-6-4-3-5-7-27/h3-19,36H,20H2,1-2H3,(H,32,38)(H,34,39). The van der Waals surface area contributed by atoms with Gasteiger partial charge in [-0.15, -0.1) is 10.2 Å². The molecule has 10 nitrogen and oxygen atoms in total.